The zero-order valence-corrected chi connectivity index (χ0v) is 22.0. The molecule has 11 nitrogen and oxygen atoms in total. The Bertz CT molecular complexity index is 1410. The molecule has 3 aromatic rings. The smallest absolute Gasteiger partial charge is 0.255 e. The number of amides is 2. The zero-order valence-electron chi connectivity index (χ0n) is 22.0. The number of ether oxygens (including phenoxy) is 2. The minimum atomic E-state index is -1.16. The minimum absolute atomic E-state index is 0.000528. The molecule has 1 aliphatic heterocycles. The number of carbonyl (C=O) groups excluding carboxylic acids is 2. The van der Waals surface area contributed by atoms with Gasteiger partial charge >= 0.3 is 0 Å². The molecule has 1 aliphatic carbocycles. The molecule has 3 atom stereocenters. The van der Waals surface area contributed by atoms with Crippen LogP contribution in [0.15, 0.2) is 18.5 Å². The van der Waals surface area contributed by atoms with E-state index in [9.17, 15) is 24.2 Å². The number of aliphatic hydroxyl groups is 2. The lowest BCUT2D eigenvalue weighted by molar-refractivity contribution is -0.142. The molecule has 1 saturated carbocycles. The normalized spacial score (nSPS) is 20.1. The second kappa shape index (κ2) is 10.8. The SMILES string of the molecule is COc1cc(OCC2CC2)c(-c2ncnc3c(C(=O)N[C@H]4CCN(C(=O)[C@H](C)O)C[C@@H]4O)c(C)[nH]c23)cc1F. The molecule has 0 unspecified atom stereocenters. The largest absolute Gasteiger partial charge is 0.494 e. The highest BCUT2D eigenvalue weighted by molar-refractivity contribution is 6.09. The van der Waals surface area contributed by atoms with E-state index in [2.05, 4.69) is 20.3 Å². The van der Waals surface area contributed by atoms with Crippen LogP contribution in [0.3, 0.4) is 0 Å². The first kappa shape index (κ1) is 26.8. The standard InChI is InChI=1S/C27H32FN5O6/c1-13-22(26(36)32-18-6-7-33(10-19(18)35)27(37)14(2)34)24-25(31-13)23(29-12-30-24)16-8-17(28)21(38-3)9-20(16)39-11-15-4-5-15/h8-9,12,14-15,18-19,31,34-35H,4-7,10-11H2,1-3H3,(H,32,36)/t14-,18-,19-/m0/s1. The number of benzene rings is 1. The highest BCUT2D eigenvalue weighted by Crippen LogP contribution is 2.39. The van der Waals surface area contributed by atoms with E-state index in [4.69, 9.17) is 9.47 Å². The predicted molar refractivity (Wildman–Crippen MR) is 139 cm³/mol. The summed E-state index contributed by atoms with van der Waals surface area (Å²) in [5.74, 6) is -0.555. The van der Waals surface area contributed by atoms with Crippen molar-refractivity contribution in [3.8, 4) is 22.8 Å². The number of carbonyl (C=O) groups is 2. The Hall–Kier alpha value is -3.77. The molecular formula is C27H32FN5O6. The van der Waals surface area contributed by atoms with Crippen LogP contribution in [0, 0.1) is 18.7 Å². The number of hydrogen-bond acceptors (Lipinski definition) is 8. The highest BCUT2D eigenvalue weighted by Gasteiger charge is 2.33. The Morgan fingerprint density at radius 2 is 2.03 bits per heavy atom. The molecule has 1 aromatic carbocycles. The van der Waals surface area contributed by atoms with Gasteiger partial charge in [0, 0.05) is 30.4 Å². The number of methoxy groups -OCH3 is 1. The van der Waals surface area contributed by atoms with E-state index in [1.807, 2.05) is 0 Å². The summed E-state index contributed by atoms with van der Waals surface area (Å²) in [6.07, 6.45) is 1.64. The lowest BCUT2D eigenvalue weighted by Crippen LogP contribution is -2.56. The summed E-state index contributed by atoms with van der Waals surface area (Å²) in [5, 5.41) is 23.0. The van der Waals surface area contributed by atoms with Gasteiger partial charge in [0.2, 0.25) is 0 Å². The van der Waals surface area contributed by atoms with Crippen LogP contribution in [-0.2, 0) is 4.79 Å². The van der Waals surface area contributed by atoms with Gasteiger partial charge in [0.15, 0.2) is 11.6 Å². The number of nitrogens with zero attached hydrogens (tertiary/aromatic N) is 3. The minimum Gasteiger partial charge on any atom is -0.494 e. The average molecular weight is 542 g/mol. The van der Waals surface area contributed by atoms with Crippen LogP contribution < -0.4 is 14.8 Å². The number of aromatic nitrogens is 3. The van der Waals surface area contributed by atoms with Crippen LogP contribution in [0.1, 0.15) is 42.2 Å². The van der Waals surface area contributed by atoms with Crippen LogP contribution >= 0.6 is 0 Å². The molecule has 1 saturated heterocycles. The van der Waals surface area contributed by atoms with Gasteiger partial charge in [-0.15, -0.1) is 0 Å². The van der Waals surface area contributed by atoms with Gasteiger partial charge in [-0.2, -0.15) is 0 Å². The second-order valence-electron chi connectivity index (χ2n) is 10.2. The molecule has 39 heavy (non-hydrogen) atoms. The van der Waals surface area contributed by atoms with Gasteiger partial charge in [-0.3, -0.25) is 9.59 Å². The van der Waals surface area contributed by atoms with Crippen molar-refractivity contribution in [3.63, 3.8) is 0 Å². The molecule has 2 aliphatic rings. The summed E-state index contributed by atoms with van der Waals surface area (Å²) in [6, 6.07) is 2.21. The summed E-state index contributed by atoms with van der Waals surface area (Å²) in [7, 11) is 1.39. The van der Waals surface area contributed by atoms with Crippen molar-refractivity contribution in [2.45, 2.75) is 51.4 Å². The Kier molecular flexibility index (Phi) is 7.41. The number of aryl methyl sites for hydroxylation is 1. The number of aromatic amines is 1. The average Bonchev–Trinajstić information content (AvgIpc) is 3.67. The van der Waals surface area contributed by atoms with Crippen LogP contribution in [0.4, 0.5) is 4.39 Å². The van der Waals surface area contributed by atoms with E-state index in [1.165, 1.54) is 37.4 Å². The number of hydrogen-bond donors (Lipinski definition) is 4. The maximum atomic E-state index is 14.8. The van der Waals surface area contributed by atoms with Crippen molar-refractivity contribution in [1.82, 2.24) is 25.2 Å². The van der Waals surface area contributed by atoms with E-state index in [1.54, 1.807) is 6.92 Å². The molecule has 0 radical (unpaired) electrons. The molecular weight excluding hydrogens is 509 g/mol. The number of H-pyrrole nitrogens is 1. The van der Waals surface area contributed by atoms with Gasteiger partial charge in [0.05, 0.1) is 36.9 Å². The van der Waals surface area contributed by atoms with Gasteiger partial charge in [-0.05, 0) is 45.1 Å². The van der Waals surface area contributed by atoms with E-state index in [-0.39, 0.29) is 24.4 Å². The Morgan fingerprint density at radius 1 is 1.26 bits per heavy atom. The van der Waals surface area contributed by atoms with Crippen molar-refractivity contribution in [1.29, 1.82) is 0 Å². The van der Waals surface area contributed by atoms with Crippen molar-refractivity contribution in [2.75, 3.05) is 26.8 Å². The summed E-state index contributed by atoms with van der Waals surface area (Å²) in [4.78, 5) is 38.8. The molecule has 5 rings (SSSR count). The molecule has 2 amide bonds. The van der Waals surface area contributed by atoms with Gasteiger partial charge in [-0.1, -0.05) is 0 Å². The van der Waals surface area contributed by atoms with E-state index < -0.39 is 35.9 Å². The van der Waals surface area contributed by atoms with Crippen molar-refractivity contribution in [3.05, 3.63) is 35.5 Å². The maximum absolute atomic E-state index is 14.8. The second-order valence-corrected chi connectivity index (χ2v) is 10.2. The first-order valence-corrected chi connectivity index (χ1v) is 13.0. The molecule has 2 fully saturated rings. The molecule has 0 bridgehead atoms. The fraction of sp³-hybridized carbons (Fsp3) is 0.481. The Morgan fingerprint density at radius 3 is 2.69 bits per heavy atom. The van der Waals surface area contributed by atoms with Crippen LogP contribution in [0.2, 0.25) is 0 Å². The predicted octanol–water partition coefficient (Wildman–Crippen LogP) is 1.94. The number of rotatable bonds is 8. The molecule has 4 N–H and O–H groups in total. The van der Waals surface area contributed by atoms with E-state index >= 15 is 0 Å². The van der Waals surface area contributed by atoms with Crippen LogP contribution in [-0.4, -0.2) is 86.9 Å². The lowest BCUT2D eigenvalue weighted by Gasteiger charge is -2.36. The van der Waals surface area contributed by atoms with E-state index in [0.717, 1.165) is 12.8 Å². The summed E-state index contributed by atoms with van der Waals surface area (Å²) >= 11 is 0. The fourth-order valence-corrected chi connectivity index (χ4v) is 4.90. The summed E-state index contributed by atoms with van der Waals surface area (Å²) in [5.41, 5.74) is 2.36. The quantitative estimate of drug-likeness (QED) is 0.338. The summed E-state index contributed by atoms with van der Waals surface area (Å²) in [6.45, 7) is 3.89. The summed E-state index contributed by atoms with van der Waals surface area (Å²) < 4.78 is 26.0. The van der Waals surface area contributed by atoms with E-state index in [0.29, 0.717) is 52.7 Å². The van der Waals surface area contributed by atoms with Gasteiger partial charge < -0.3 is 34.9 Å². The molecule has 3 heterocycles. The number of β-amino-alcohol motifs (C(OH)–C–C–N with tert-alkyl or cyclic N) is 1. The van der Waals surface area contributed by atoms with Crippen molar-refractivity contribution in [2.24, 2.45) is 5.92 Å². The number of nitrogens with one attached hydrogen (secondary N) is 2. The van der Waals surface area contributed by atoms with Gasteiger partial charge in [0.1, 0.15) is 29.4 Å². The number of piperidine rings is 1. The van der Waals surface area contributed by atoms with Crippen molar-refractivity contribution < 1.29 is 33.7 Å². The third-order valence-electron chi connectivity index (χ3n) is 7.25. The molecule has 12 heteroatoms. The lowest BCUT2D eigenvalue weighted by atomic mass is 10.0. The van der Waals surface area contributed by atoms with Crippen LogP contribution in [0.5, 0.6) is 11.5 Å². The fourth-order valence-electron chi connectivity index (χ4n) is 4.90. The maximum Gasteiger partial charge on any atom is 0.255 e. The van der Waals surface area contributed by atoms with Gasteiger partial charge in [0.25, 0.3) is 11.8 Å². The first-order valence-electron chi connectivity index (χ1n) is 13.0. The zero-order chi connectivity index (χ0) is 27.8. The van der Waals surface area contributed by atoms with Gasteiger partial charge in [-0.25, -0.2) is 14.4 Å². The Balaban J connectivity index is 1.43. The molecule has 208 valence electrons. The number of halogens is 1. The third-order valence-corrected chi connectivity index (χ3v) is 7.25. The monoisotopic (exact) mass is 541 g/mol. The molecule has 2 aromatic heterocycles. The molecule has 0 spiro atoms. The van der Waals surface area contributed by atoms with Crippen LogP contribution in [0.25, 0.3) is 22.3 Å². The number of likely N-dealkylation sites (tertiary alicyclic amines) is 1. The Labute approximate surface area is 224 Å². The van der Waals surface area contributed by atoms with Crippen molar-refractivity contribution >= 4 is 22.8 Å². The topological polar surface area (TPSA) is 150 Å². The highest BCUT2D eigenvalue weighted by atomic mass is 19.1. The number of aliphatic hydroxyl groups excluding tert-OH is 2. The first-order chi connectivity index (χ1) is 18.7. The third kappa shape index (κ3) is 5.39. The number of fused-ring (bicyclic) bond motifs is 1.